The van der Waals surface area contributed by atoms with Gasteiger partial charge in [0.15, 0.2) is 0 Å². The van der Waals surface area contributed by atoms with E-state index in [1.807, 2.05) is 43.3 Å². The van der Waals surface area contributed by atoms with Crippen LogP contribution in [0.5, 0.6) is 0 Å². The van der Waals surface area contributed by atoms with Gasteiger partial charge in [0.05, 0.1) is 5.69 Å². The molecule has 0 atom stereocenters. The Balaban J connectivity index is 2.21. The van der Waals surface area contributed by atoms with Crippen molar-refractivity contribution < 1.29 is 4.39 Å². The molecule has 0 amide bonds. The fraction of sp³-hybridized carbons (Fsp3) is 0.125. The molecule has 2 aromatic heterocycles. The van der Waals surface area contributed by atoms with Crippen LogP contribution >= 0.6 is 0 Å². The monoisotopic (exact) mass is 295 g/mol. The fourth-order valence-corrected chi connectivity index (χ4v) is 2.27. The Kier molecular flexibility index (Phi) is 3.74. The Bertz CT molecular complexity index is 805. The first-order valence-electron chi connectivity index (χ1n) is 6.77. The Labute approximate surface area is 127 Å². The van der Waals surface area contributed by atoms with Crippen molar-refractivity contribution in [2.45, 2.75) is 13.6 Å². The van der Waals surface area contributed by atoms with Crippen molar-refractivity contribution in [2.75, 3.05) is 5.73 Å². The average Bonchev–Trinajstić information content (AvgIpc) is 2.55. The summed E-state index contributed by atoms with van der Waals surface area (Å²) in [7, 11) is 0. The molecule has 0 aliphatic carbocycles. The Hall–Kier alpha value is -2.89. The van der Waals surface area contributed by atoms with Crippen LogP contribution in [0.2, 0.25) is 0 Å². The summed E-state index contributed by atoms with van der Waals surface area (Å²) in [5.41, 5.74) is 9.50. The van der Waals surface area contributed by atoms with Crippen molar-refractivity contribution in [1.82, 2.24) is 20.2 Å². The van der Waals surface area contributed by atoms with E-state index in [1.165, 1.54) is 0 Å². The van der Waals surface area contributed by atoms with Crippen LogP contribution in [0.3, 0.4) is 0 Å². The van der Waals surface area contributed by atoms with E-state index >= 15 is 0 Å². The SMILES string of the molecule is Cc1cc(-c2nnc(N)nc2-c2ccccc2)cc(CF)n1. The van der Waals surface area contributed by atoms with Gasteiger partial charge in [-0.15, -0.1) is 10.2 Å². The molecule has 3 rings (SSSR count). The summed E-state index contributed by atoms with van der Waals surface area (Å²) in [6, 6.07) is 13.0. The lowest BCUT2D eigenvalue weighted by Gasteiger charge is -2.09. The molecule has 0 saturated heterocycles. The molecule has 0 unspecified atom stereocenters. The molecule has 0 spiro atoms. The van der Waals surface area contributed by atoms with Gasteiger partial charge in [-0.05, 0) is 19.1 Å². The minimum absolute atomic E-state index is 0.0964. The van der Waals surface area contributed by atoms with E-state index in [0.717, 1.165) is 11.1 Å². The maximum absolute atomic E-state index is 13.0. The molecule has 1 aromatic carbocycles. The lowest BCUT2D eigenvalue weighted by molar-refractivity contribution is 0.475. The third-order valence-electron chi connectivity index (χ3n) is 3.17. The largest absolute Gasteiger partial charge is 0.366 e. The molecular weight excluding hydrogens is 281 g/mol. The van der Waals surface area contributed by atoms with Gasteiger partial charge in [-0.1, -0.05) is 30.3 Å². The minimum atomic E-state index is -0.634. The molecular formula is C16H14FN5. The summed E-state index contributed by atoms with van der Waals surface area (Å²) in [4.78, 5) is 8.42. The fourth-order valence-electron chi connectivity index (χ4n) is 2.27. The van der Waals surface area contributed by atoms with E-state index in [-0.39, 0.29) is 5.95 Å². The first kappa shape index (κ1) is 14.1. The zero-order valence-electron chi connectivity index (χ0n) is 12.0. The number of rotatable bonds is 3. The zero-order chi connectivity index (χ0) is 15.5. The number of alkyl halides is 1. The summed E-state index contributed by atoms with van der Waals surface area (Å²) in [6.07, 6.45) is 0. The number of anilines is 1. The van der Waals surface area contributed by atoms with Crippen LogP contribution in [0, 0.1) is 6.92 Å². The highest BCUT2D eigenvalue weighted by Crippen LogP contribution is 2.29. The van der Waals surface area contributed by atoms with Gasteiger partial charge in [-0.2, -0.15) is 0 Å². The van der Waals surface area contributed by atoms with Crippen molar-refractivity contribution in [2.24, 2.45) is 0 Å². The highest BCUT2D eigenvalue weighted by atomic mass is 19.1. The second-order valence-corrected chi connectivity index (χ2v) is 4.86. The Morgan fingerprint density at radius 1 is 0.955 bits per heavy atom. The van der Waals surface area contributed by atoms with Crippen molar-refractivity contribution in [3.05, 3.63) is 53.9 Å². The van der Waals surface area contributed by atoms with Crippen LogP contribution in [0.1, 0.15) is 11.4 Å². The second kappa shape index (κ2) is 5.85. The van der Waals surface area contributed by atoms with E-state index in [9.17, 15) is 4.39 Å². The smallest absolute Gasteiger partial charge is 0.240 e. The second-order valence-electron chi connectivity index (χ2n) is 4.86. The topological polar surface area (TPSA) is 77.6 Å². The van der Waals surface area contributed by atoms with Crippen LogP contribution in [-0.2, 0) is 6.67 Å². The number of hydrogen-bond acceptors (Lipinski definition) is 5. The van der Waals surface area contributed by atoms with Crippen molar-refractivity contribution >= 4 is 5.95 Å². The van der Waals surface area contributed by atoms with E-state index in [1.54, 1.807) is 6.07 Å². The number of aryl methyl sites for hydroxylation is 1. The molecule has 2 heterocycles. The normalized spacial score (nSPS) is 10.6. The number of nitrogens with zero attached hydrogens (tertiary/aromatic N) is 4. The highest BCUT2D eigenvalue weighted by molar-refractivity contribution is 5.78. The summed E-state index contributed by atoms with van der Waals surface area (Å²) >= 11 is 0. The third-order valence-corrected chi connectivity index (χ3v) is 3.17. The average molecular weight is 295 g/mol. The number of benzene rings is 1. The molecule has 0 radical (unpaired) electrons. The molecule has 22 heavy (non-hydrogen) atoms. The van der Waals surface area contributed by atoms with Gasteiger partial charge in [0.1, 0.15) is 18.1 Å². The standard InChI is InChI=1S/C16H14FN5/c1-10-7-12(8-13(9-17)19-10)15-14(20-16(18)22-21-15)11-5-3-2-4-6-11/h2-8H,9H2,1H3,(H2,18,20,22). The summed E-state index contributed by atoms with van der Waals surface area (Å²) in [6.45, 7) is 1.17. The summed E-state index contributed by atoms with van der Waals surface area (Å²) in [5.74, 6) is 0.0964. The van der Waals surface area contributed by atoms with E-state index in [0.29, 0.717) is 22.8 Å². The number of nitrogens with two attached hydrogens (primary N) is 1. The van der Waals surface area contributed by atoms with Crippen LogP contribution in [0.25, 0.3) is 22.5 Å². The maximum atomic E-state index is 13.0. The van der Waals surface area contributed by atoms with Crippen LogP contribution in [-0.4, -0.2) is 20.2 Å². The van der Waals surface area contributed by atoms with Crippen LogP contribution in [0.15, 0.2) is 42.5 Å². The molecule has 3 aromatic rings. The molecule has 0 aliphatic heterocycles. The van der Waals surface area contributed by atoms with Crippen LogP contribution in [0.4, 0.5) is 10.3 Å². The predicted molar refractivity (Wildman–Crippen MR) is 82.5 cm³/mol. The molecule has 2 N–H and O–H groups in total. The number of nitrogen functional groups attached to an aromatic ring is 1. The van der Waals surface area contributed by atoms with Gasteiger partial charge >= 0.3 is 0 Å². The maximum Gasteiger partial charge on any atom is 0.240 e. The lowest BCUT2D eigenvalue weighted by Crippen LogP contribution is -2.03. The number of pyridine rings is 1. The Morgan fingerprint density at radius 2 is 1.73 bits per heavy atom. The molecule has 0 bridgehead atoms. The minimum Gasteiger partial charge on any atom is -0.366 e. The van der Waals surface area contributed by atoms with Gasteiger partial charge in [-0.3, -0.25) is 4.98 Å². The summed E-state index contributed by atoms with van der Waals surface area (Å²) < 4.78 is 13.0. The predicted octanol–water partition coefficient (Wildman–Crippen LogP) is 2.96. The van der Waals surface area contributed by atoms with Gasteiger partial charge in [0.25, 0.3) is 0 Å². The van der Waals surface area contributed by atoms with E-state index in [4.69, 9.17) is 5.73 Å². The van der Waals surface area contributed by atoms with Gasteiger partial charge in [0, 0.05) is 16.8 Å². The van der Waals surface area contributed by atoms with E-state index in [2.05, 4.69) is 20.2 Å². The van der Waals surface area contributed by atoms with E-state index < -0.39 is 6.67 Å². The van der Waals surface area contributed by atoms with Gasteiger partial charge in [-0.25, -0.2) is 9.37 Å². The van der Waals surface area contributed by atoms with Crippen LogP contribution < -0.4 is 5.73 Å². The van der Waals surface area contributed by atoms with Crippen molar-refractivity contribution in [3.8, 4) is 22.5 Å². The van der Waals surface area contributed by atoms with Crippen molar-refractivity contribution in [3.63, 3.8) is 0 Å². The Morgan fingerprint density at radius 3 is 2.45 bits per heavy atom. The number of aromatic nitrogens is 4. The van der Waals surface area contributed by atoms with Crippen molar-refractivity contribution in [1.29, 1.82) is 0 Å². The zero-order valence-corrected chi connectivity index (χ0v) is 12.0. The number of halogens is 1. The molecule has 0 aliphatic rings. The van der Waals surface area contributed by atoms with Gasteiger partial charge in [0.2, 0.25) is 5.95 Å². The highest BCUT2D eigenvalue weighted by Gasteiger charge is 2.14. The lowest BCUT2D eigenvalue weighted by atomic mass is 10.0. The molecule has 0 saturated carbocycles. The molecule has 0 fully saturated rings. The molecule has 110 valence electrons. The molecule has 5 nitrogen and oxygen atoms in total. The third kappa shape index (κ3) is 2.76. The quantitative estimate of drug-likeness (QED) is 0.803. The first-order valence-corrected chi connectivity index (χ1v) is 6.77. The summed E-state index contributed by atoms with van der Waals surface area (Å²) in [5, 5.41) is 7.98. The first-order chi connectivity index (χ1) is 10.7. The number of hydrogen-bond donors (Lipinski definition) is 1. The molecule has 6 heteroatoms. The van der Waals surface area contributed by atoms with Gasteiger partial charge < -0.3 is 5.73 Å².